The first-order chi connectivity index (χ1) is 14.4. The molecule has 2 rings (SSSR count). The Hall–Kier alpha value is -2.71. The van der Waals surface area contributed by atoms with Gasteiger partial charge in [0.2, 0.25) is 5.91 Å². The first-order valence-electron chi connectivity index (χ1n) is 9.65. The molecule has 1 saturated heterocycles. The number of hydrogen-bond acceptors (Lipinski definition) is 5. The topological polar surface area (TPSA) is 96.7 Å². The minimum atomic E-state index is -4.74. The van der Waals surface area contributed by atoms with E-state index in [4.69, 9.17) is 22.7 Å². The highest BCUT2D eigenvalue weighted by molar-refractivity contribution is 7.80. The zero-order chi connectivity index (χ0) is 23.4. The minimum Gasteiger partial charge on any atom is -0.334 e. The average molecular weight is 456 g/mol. The molecule has 1 fully saturated rings. The van der Waals surface area contributed by atoms with Crippen molar-refractivity contribution >= 4 is 34.8 Å². The van der Waals surface area contributed by atoms with Crippen LogP contribution in [-0.2, 0) is 15.8 Å². The monoisotopic (exact) mass is 456 g/mol. The SMILES string of the molecule is CC1(C)C(=O)N(c2ccc(C#N)c(C(F)(F)F)c2)C(=S)N1CCCCCCC(=O)NO. The van der Waals surface area contributed by atoms with Crippen LogP contribution in [-0.4, -0.2) is 39.1 Å². The van der Waals surface area contributed by atoms with Crippen LogP contribution in [0.3, 0.4) is 0 Å². The lowest BCUT2D eigenvalue weighted by molar-refractivity contribution is -0.137. The molecule has 1 aliphatic rings. The zero-order valence-corrected chi connectivity index (χ0v) is 17.9. The van der Waals surface area contributed by atoms with Gasteiger partial charge in [-0.1, -0.05) is 12.8 Å². The molecule has 0 aromatic heterocycles. The van der Waals surface area contributed by atoms with Gasteiger partial charge in [-0.25, -0.2) is 5.48 Å². The summed E-state index contributed by atoms with van der Waals surface area (Å²) in [4.78, 5) is 26.7. The molecule has 1 aromatic carbocycles. The third kappa shape index (κ3) is 5.32. The van der Waals surface area contributed by atoms with Gasteiger partial charge in [-0.2, -0.15) is 18.4 Å². The first-order valence-corrected chi connectivity index (χ1v) is 10.1. The van der Waals surface area contributed by atoms with Crippen LogP contribution in [0.2, 0.25) is 0 Å². The van der Waals surface area contributed by atoms with Gasteiger partial charge in [0.05, 0.1) is 22.9 Å². The number of anilines is 1. The fourth-order valence-electron chi connectivity index (χ4n) is 3.41. The van der Waals surface area contributed by atoms with Gasteiger partial charge in [-0.05, 0) is 57.1 Å². The zero-order valence-electron chi connectivity index (χ0n) is 17.1. The van der Waals surface area contributed by atoms with E-state index in [2.05, 4.69) is 0 Å². The number of carbonyl (C=O) groups excluding carboxylic acids is 2. The molecular weight excluding hydrogens is 433 g/mol. The Morgan fingerprint density at radius 1 is 1.26 bits per heavy atom. The first kappa shape index (κ1) is 24.6. The van der Waals surface area contributed by atoms with E-state index >= 15 is 0 Å². The molecule has 1 aliphatic heterocycles. The number of benzene rings is 1. The summed E-state index contributed by atoms with van der Waals surface area (Å²) in [5, 5.41) is 17.5. The fourth-order valence-corrected chi connectivity index (χ4v) is 3.91. The van der Waals surface area contributed by atoms with Gasteiger partial charge in [0.15, 0.2) is 5.11 Å². The summed E-state index contributed by atoms with van der Waals surface area (Å²) in [6.07, 6.45) is -1.80. The van der Waals surface area contributed by atoms with E-state index in [1.807, 2.05) is 0 Å². The predicted octanol–water partition coefficient (Wildman–Crippen LogP) is 3.75. The van der Waals surface area contributed by atoms with Gasteiger partial charge in [0.1, 0.15) is 5.54 Å². The van der Waals surface area contributed by atoms with E-state index < -0.39 is 34.7 Å². The largest absolute Gasteiger partial charge is 0.417 e. The highest BCUT2D eigenvalue weighted by atomic mass is 32.1. The van der Waals surface area contributed by atoms with E-state index in [1.165, 1.54) is 12.1 Å². The summed E-state index contributed by atoms with van der Waals surface area (Å²) < 4.78 is 40.0. The van der Waals surface area contributed by atoms with Gasteiger partial charge in [-0.3, -0.25) is 19.7 Å². The number of unbranched alkanes of at least 4 members (excludes halogenated alkanes) is 3. The molecule has 0 bridgehead atoms. The van der Waals surface area contributed by atoms with Crippen molar-refractivity contribution in [3.8, 4) is 6.07 Å². The van der Waals surface area contributed by atoms with Crippen LogP contribution in [0.5, 0.6) is 0 Å². The number of thiocarbonyl (C=S) groups is 1. The highest BCUT2D eigenvalue weighted by Crippen LogP contribution is 2.37. The highest BCUT2D eigenvalue weighted by Gasteiger charge is 2.49. The molecule has 0 unspecified atom stereocenters. The normalized spacial score (nSPS) is 15.9. The van der Waals surface area contributed by atoms with Crippen molar-refractivity contribution in [1.29, 1.82) is 5.26 Å². The van der Waals surface area contributed by atoms with Crippen LogP contribution in [0.15, 0.2) is 18.2 Å². The Kier molecular flexibility index (Phi) is 7.62. The van der Waals surface area contributed by atoms with Crippen molar-refractivity contribution in [1.82, 2.24) is 10.4 Å². The number of hydrogen-bond donors (Lipinski definition) is 2. The molecule has 2 N–H and O–H groups in total. The molecule has 0 saturated carbocycles. The second-order valence-corrected chi connectivity index (χ2v) is 8.04. The third-order valence-electron chi connectivity index (χ3n) is 5.17. The average Bonchev–Trinajstić information content (AvgIpc) is 2.88. The van der Waals surface area contributed by atoms with Crippen LogP contribution in [0.25, 0.3) is 0 Å². The molecule has 0 spiro atoms. The fraction of sp³-hybridized carbons (Fsp3) is 0.500. The Bertz CT molecular complexity index is 912. The summed E-state index contributed by atoms with van der Waals surface area (Å²) in [6.45, 7) is 3.73. The van der Waals surface area contributed by atoms with E-state index in [0.717, 1.165) is 29.9 Å². The quantitative estimate of drug-likeness (QED) is 0.268. The molecule has 0 radical (unpaired) electrons. The van der Waals surface area contributed by atoms with E-state index in [0.29, 0.717) is 19.4 Å². The summed E-state index contributed by atoms with van der Waals surface area (Å²) >= 11 is 5.42. The van der Waals surface area contributed by atoms with Gasteiger partial charge in [-0.15, -0.1) is 0 Å². The van der Waals surface area contributed by atoms with Crippen molar-refractivity contribution in [2.45, 2.75) is 57.7 Å². The summed E-state index contributed by atoms with van der Waals surface area (Å²) in [6, 6.07) is 4.60. The smallest absolute Gasteiger partial charge is 0.334 e. The van der Waals surface area contributed by atoms with Crippen molar-refractivity contribution in [3.05, 3.63) is 29.3 Å². The van der Waals surface area contributed by atoms with E-state index in [-0.39, 0.29) is 17.2 Å². The molecule has 11 heteroatoms. The van der Waals surface area contributed by atoms with Crippen LogP contribution in [0.4, 0.5) is 18.9 Å². The predicted molar refractivity (Wildman–Crippen MR) is 110 cm³/mol. The van der Waals surface area contributed by atoms with Crippen molar-refractivity contribution in [2.75, 3.05) is 11.4 Å². The summed E-state index contributed by atoms with van der Waals surface area (Å²) in [5.41, 5.74) is -1.16. The Morgan fingerprint density at radius 3 is 2.48 bits per heavy atom. The van der Waals surface area contributed by atoms with Gasteiger partial charge in [0, 0.05) is 13.0 Å². The Labute approximate surface area is 183 Å². The van der Waals surface area contributed by atoms with Crippen molar-refractivity contribution in [2.24, 2.45) is 0 Å². The van der Waals surface area contributed by atoms with Crippen molar-refractivity contribution in [3.63, 3.8) is 0 Å². The second kappa shape index (κ2) is 9.62. The van der Waals surface area contributed by atoms with E-state index in [1.54, 1.807) is 24.2 Å². The van der Waals surface area contributed by atoms with Crippen molar-refractivity contribution < 1.29 is 28.0 Å². The maximum Gasteiger partial charge on any atom is 0.417 e. The van der Waals surface area contributed by atoms with Crippen LogP contribution >= 0.6 is 12.2 Å². The molecule has 0 aliphatic carbocycles. The molecule has 2 amide bonds. The van der Waals surface area contributed by atoms with E-state index in [9.17, 15) is 22.8 Å². The second-order valence-electron chi connectivity index (χ2n) is 7.67. The minimum absolute atomic E-state index is 0.0353. The molecule has 0 atom stereocenters. The standard InChI is InChI=1S/C20H23F3N4O3S/c1-19(2)17(29)27(14-9-8-13(12-24)15(11-14)20(21,22)23)18(31)26(19)10-6-4-3-5-7-16(28)25-30/h8-9,11,30H,3-7,10H2,1-2H3,(H,25,28). The van der Waals surface area contributed by atoms with Gasteiger partial charge in [0.25, 0.3) is 5.91 Å². The van der Waals surface area contributed by atoms with Crippen LogP contribution in [0, 0.1) is 11.3 Å². The summed E-state index contributed by atoms with van der Waals surface area (Å²) in [7, 11) is 0. The lowest BCUT2D eigenvalue weighted by Crippen LogP contribution is -2.44. The number of nitrogens with zero attached hydrogens (tertiary/aromatic N) is 3. The molecule has 168 valence electrons. The lowest BCUT2D eigenvalue weighted by atomic mass is 10.0. The molecule has 1 heterocycles. The molecule has 1 aromatic rings. The van der Waals surface area contributed by atoms with Crippen LogP contribution < -0.4 is 10.4 Å². The number of carbonyl (C=O) groups is 2. The maximum absolute atomic E-state index is 13.3. The number of nitrogens with one attached hydrogen (secondary N) is 1. The Balaban J connectivity index is 2.14. The number of halogens is 3. The number of alkyl halides is 3. The number of rotatable bonds is 8. The van der Waals surface area contributed by atoms with Crippen LogP contribution in [0.1, 0.15) is 57.1 Å². The summed E-state index contributed by atoms with van der Waals surface area (Å²) in [5.74, 6) is -0.904. The molecular formula is C20H23F3N4O3S. The lowest BCUT2D eigenvalue weighted by Gasteiger charge is -2.29. The number of amides is 2. The molecule has 31 heavy (non-hydrogen) atoms. The Morgan fingerprint density at radius 2 is 1.90 bits per heavy atom. The van der Waals surface area contributed by atoms with Gasteiger partial charge < -0.3 is 4.90 Å². The third-order valence-corrected chi connectivity index (χ3v) is 5.57. The number of nitriles is 1. The number of hydroxylamine groups is 1. The maximum atomic E-state index is 13.3. The van der Waals surface area contributed by atoms with Gasteiger partial charge >= 0.3 is 6.18 Å². The molecule has 7 nitrogen and oxygen atoms in total.